The molecule has 19 nitrogen and oxygen atoms in total. The van der Waals surface area contributed by atoms with Crippen molar-refractivity contribution in [3.05, 3.63) is 83.5 Å². The number of nitrogens with zero attached hydrogens (tertiary/aromatic N) is 2. The van der Waals surface area contributed by atoms with Crippen LogP contribution in [0.3, 0.4) is 0 Å². The van der Waals surface area contributed by atoms with Crippen molar-refractivity contribution in [1.29, 1.82) is 0 Å². The van der Waals surface area contributed by atoms with Gasteiger partial charge in [0, 0.05) is 19.0 Å². The van der Waals surface area contributed by atoms with Crippen LogP contribution in [0.15, 0.2) is 77.8 Å². The standard InChI is InChI=1S/C45H73N3O16P2/c1-4-36(49)27-23-19-15-11-9-7-5-6-8-10-12-16-21-25-29-41(51)62-37(32-59-40(50)28-24-20-17-13-14-18-22-26-35(2)3)33-60-65(55,56)64-66(57,58)61-34-38-42(52)43(53)44(63-38)48-31-30-39(46)47-45(48)54/h6-9,12,15-16,19,23,27,30-31,35-38,42-44,49,52-53H,4-5,10-11,13-14,17-18,20-22,24-26,28-29,32-34H2,1-3H3,(H,55,56)(H,57,58)(H2,46,47,54)/b8-6-,9-7-,16-12-,19-15-,27-23+/t36-,37-,38-,42-,43-,44-/m1/s1. The average Bonchev–Trinajstić information content (AvgIpc) is 3.53. The molecule has 374 valence electrons. The molecule has 0 aromatic carbocycles. The number of phosphoric acid groups is 2. The Morgan fingerprint density at radius 2 is 1.44 bits per heavy atom. The zero-order valence-corrected chi connectivity index (χ0v) is 40.3. The van der Waals surface area contributed by atoms with E-state index in [9.17, 15) is 48.6 Å². The zero-order valence-electron chi connectivity index (χ0n) is 38.5. The fraction of sp³-hybridized carbons (Fsp3) is 0.644. The molecule has 0 bridgehead atoms. The minimum absolute atomic E-state index is 0.0442. The summed E-state index contributed by atoms with van der Waals surface area (Å²) in [5.41, 5.74) is 4.56. The molecular weight excluding hydrogens is 900 g/mol. The molecule has 21 heteroatoms. The predicted molar refractivity (Wildman–Crippen MR) is 248 cm³/mol. The van der Waals surface area contributed by atoms with E-state index in [2.05, 4.69) is 35.3 Å². The number of esters is 2. The van der Waals surface area contributed by atoms with Crippen LogP contribution in [0, 0.1) is 5.92 Å². The predicted octanol–water partition coefficient (Wildman–Crippen LogP) is 7.21. The van der Waals surface area contributed by atoms with E-state index in [1.165, 1.54) is 25.3 Å². The SMILES string of the molecule is CC[C@@H](O)/C=C/C=C\C/C=C\C/C=C\C/C=C\CCCC(=O)O[C@H](COC(=O)CCCCCCCCCC(C)C)COP(=O)(O)OP(=O)(O)OC[C@H]1O[C@@H](n2ccc(N)nc2=O)[C@H](O)[C@@H]1O. The number of allylic oxidation sites excluding steroid dienone is 9. The van der Waals surface area contributed by atoms with Gasteiger partial charge in [0.2, 0.25) is 0 Å². The number of aliphatic hydroxyl groups excluding tert-OH is 3. The highest BCUT2D eigenvalue weighted by atomic mass is 31.3. The zero-order chi connectivity index (χ0) is 48.8. The lowest BCUT2D eigenvalue weighted by molar-refractivity contribution is -0.161. The van der Waals surface area contributed by atoms with E-state index in [0.29, 0.717) is 38.0 Å². The maximum absolute atomic E-state index is 12.8. The number of carbonyl (C=O) groups excluding carboxylic acids is 2. The Balaban J connectivity index is 1.86. The smallest absolute Gasteiger partial charge is 0.462 e. The first-order chi connectivity index (χ1) is 31.4. The first-order valence-corrected chi connectivity index (χ1v) is 25.8. The molecule has 7 N–H and O–H groups in total. The third kappa shape index (κ3) is 26.7. The lowest BCUT2D eigenvalue weighted by Crippen LogP contribution is -2.36. The summed E-state index contributed by atoms with van der Waals surface area (Å²) in [5.74, 6) is -0.710. The summed E-state index contributed by atoms with van der Waals surface area (Å²) in [6.45, 7) is 3.95. The molecule has 0 radical (unpaired) electrons. The van der Waals surface area contributed by atoms with Crippen molar-refractivity contribution in [2.75, 3.05) is 25.6 Å². The van der Waals surface area contributed by atoms with Crippen LogP contribution in [0.1, 0.15) is 130 Å². The molecule has 1 aliphatic rings. The van der Waals surface area contributed by atoms with Crippen molar-refractivity contribution in [2.24, 2.45) is 5.92 Å². The second-order valence-electron chi connectivity index (χ2n) is 16.2. The van der Waals surface area contributed by atoms with Gasteiger partial charge in [-0.05, 0) is 56.9 Å². The highest BCUT2D eigenvalue weighted by molar-refractivity contribution is 7.61. The molecule has 1 aromatic rings. The van der Waals surface area contributed by atoms with Gasteiger partial charge >= 0.3 is 33.3 Å². The van der Waals surface area contributed by atoms with Crippen molar-refractivity contribution in [1.82, 2.24) is 9.55 Å². The lowest BCUT2D eigenvalue weighted by atomic mass is 10.0. The van der Waals surface area contributed by atoms with Crippen molar-refractivity contribution in [2.45, 2.75) is 160 Å². The lowest BCUT2D eigenvalue weighted by Gasteiger charge is -2.21. The van der Waals surface area contributed by atoms with Gasteiger partial charge in [0.25, 0.3) is 0 Å². The Morgan fingerprint density at radius 1 is 0.833 bits per heavy atom. The number of phosphoric ester groups is 2. The number of carbonyl (C=O) groups is 2. The van der Waals surface area contributed by atoms with Crippen LogP contribution in [0.2, 0.25) is 0 Å². The summed E-state index contributed by atoms with van der Waals surface area (Å²) in [6, 6.07) is 1.24. The number of unbranched alkanes of at least 4 members (excludes halogenated alkanes) is 7. The summed E-state index contributed by atoms with van der Waals surface area (Å²) in [5, 5.41) is 30.3. The largest absolute Gasteiger partial charge is 0.481 e. The minimum Gasteiger partial charge on any atom is -0.462 e. The number of aromatic nitrogens is 2. The fourth-order valence-electron chi connectivity index (χ4n) is 6.25. The number of nitrogen functional groups attached to an aromatic ring is 1. The van der Waals surface area contributed by atoms with Gasteiger partial charge in [0.05, 0.1) is 19.3 Å². The molecule has 2 unspecified atom stereocenters. The topological polar surface area (TPSA) is 286 Å². The summed E-state index contributed by atoms with van der Waals surface area (Å²) in [6.07, 6.45) is 24.6. The Morgan fingerprint density at radius 3 is 2.09 bits per heavy atom. The van der Waals surface area contributed by atoms with E-state index in [4.69, 9.17) is 29.0 Å². The molecule has 0 amide bonds. The van der Waals surface area contributed by atoms with E-state index in [0.717, 1.165) is 49.3 Å². The van der Waals surface area contributed by atoms with Gasteiger partial charge in [0.15, 0.2) is 12.3 Å². The molecule has 2 rings (SSSR count). The van der Waals surface area contributed by atoms with Crippen LogP contribution >= 0.6 is 15.6 Å². The van der Waals surface area contributed by atoms with Crippen LogP contribution in [0.4, 0.5) is 5.82 Å². The average molecular weight is 974 g/mol. The van der Waals surface area contributed by atoms with E-state index < -0.39 is 89.8 Å². The van der Waals surface area contributed by atoms with Gasteiger partial charge in [-0.1, -0.05) is 126 Å². The molecule has 2 heterocycles. The molecule has 1 fully saturated rings. The minimum atomic E-state index is -5.44. The number of hydrogen-bond acceptors (Lipinski definition) is 16. The van der Waals surface area contributed by atoms with E-state index in [-0.39, 0.29) is 18.7 Å². The molecular formula is C45H73N3O16P2. The van der Waals surface area contributed by atoms with E-state index in [1.54, 1.807) is 6.08 Å². The highest BCUT2D eigenvalue weighted by Crippen LogP contribution is 2.60. The molecule has 0 spiro atoms. The summed E-state index contributed by atoms with van der Waals surface area (Å²) < 4.78 is 56.4. The van der Waals surface area contributed by atoms with Crippen LogP contribution in [-0.4, -0.2) is 96.9 Å². The highest BCUT2D eigenvalue weighted by Gasteiger charge is 2.46. The summed E-state index contributed by atoms with van der Waals surface area (Å²) in [4.78, 5) is 61.6. The Hall–Kier alpha value is -3.58. The normalized spacial score (nSPS) is 20.8. The fourth-order valence-corrected chi connectivity index (χ4v) is 8.36. The number of nitrogens with two attached hydrogens (primary N) is 1. The third-order valence-electron chi connectivity index (χ3n) is 9.95. The maximum Gasteiger partial charge on any atom is 0.481 e. The van der Waals surface area contributed by atoms with Gasteiger partial charge in [0.1, 0.15) is 30.7 Å². The quantitative estimate of drug-likeness (QED) is 0.0129. The van der Waals surface area contributed by atoms with E-state index >= 15 is 0 Å². The van der Waals surface area contributed by atoms with Crippen molar-refractivity contribution in [3.8, 4) is 0 Å². The number of anilines is 1. The monoisotopic (exact) mass is 973 g/mol. The number of hydrogen-bond donors (Lipinski definition) is 6. The molecule has 8 atom stereocenters. The van der Waals surface area contributed by atoms with Crippen LogP contribution in [0.5, 0.6) is 0 Å². The second-order valence-corrected chi connectivity index (χ2v) is 19.2. The van der Waals surface area contributed by atoms with Gasteiger partial charge in [-0.25, -0.2) is 13.9 Å². The summed E-state index contributed by atoms with van der Waals surface area (Å²) in [7, 11) is -10.9. The van der Waals surface area contributed by atoms with Crippen molar-refractivity contribution < 1.29 is 71.4 Å². The third-order valence-corrected chi connectivity index (χ3v) is 12.6. The van der Waals surface area contributed by atoms with Crippen LogP contribution in [-0.2, 0) is 46.3 Å². The number of rotatable bonds is 35. The van der Waals surface area contributed by atoms with Crippen LogP contribution < -0.4 is 11.4 Å². The molecule has 0 aliphatic carbocycles. The molecule has 0 saturated carbocycles. The second kappa shape index (κ2) is 33.0. The van der Waals surface area contributed by atoms with Gasteiger partial charge in [-0.2, -0.15) is 9.29 Å². The Kier molecular flexibility index (Phi) is 29.3. The van der Waals surface area contributed by atoms with Gasteiger partial charge in [-0.15, -0.1) is 0 Å². The molecule has 66 heavy (non-hydrogen) atoms. The van der Waals surface area contributed by atoms with Gasteiger partial charge in [-0.3, -0.25) is 23.2 Å². The molecule has 1 aliphatic heterocycles. The van der Waals surface area contributed by atoms with E-state index in [1.807, 2.05) is 49.5 Å². The Labute approximate surface area is 388 Å². The number of ether oxygens (including phenoxy) is 3. The van der Waals surface area contributed by atoms with Crippen LogP contribution in [0.25, 0.3) is 0 Å². The van der Waals surface area contributed by atoms with Gasteiger partial charge < -0.3 is 45.1 Å². The first-order valence-electron chi connectivity index (χ1n) is 22.8. The number of aliphatic hydroxyl groups is 3. The van der Waals surface area contributed by atoms with Crippen molar-refractivity contribution >= 4 is 33.4 Å². The molecule has 1 saturated heterocycles. The maximum atomic E-state index is 12.8. The first kappa shape index (κ1) is 58.5. The summed E-state index contributed by atoms with van der Waals surface area (Å²) >= 11 is 0. The molecule has 1 aromatic heterocycles. The Bertz CT molecular complexity index is 1870. The van der Waals surface area contributed by atoms with Crippen molar-refractivity contribution in [3.63, 3.8) is 0 Å².